The van der Waals surface area contributed by atoms with Gasteiger partial charge < -0.3 is 15.2 Å². The molecular formula is C13H21NO2. The van der Waals surface area contributed by atoms with Crippen molar-refractivity contribution in [1.29, 1.82) is 0 Å². The maximum absolute atomic E-state index is 9.66. The summed E-state index contributed by atoms with van der Waals surface area (Å²) in [6, 6.07) is 7.63. The van der Waals surface area contributed by atoms with Gasteiger partial charge in [0, 0.05) is 25.3 Å². The van der Waals surface area contributed by atoms with Gasteiger partial charge in [-0.15, -0.1) is 0 Å². The Balaban J connectivity index is 2.30. The second-order valence-corrected chi connectivity index (χ2v) is 3.93. The number of benzene rings is 1. The van der Waals surface area contributed by atoms with E-state index in [0.29, 0.717) is 5.75 Å². The van der Waals surface area contributed by atoms with Gasteiger partial charge in [-0.3, -0.25) is 0 Å². The fourth-order valence-electron chi connectivity index (χ4n) is 1.65. The van der Waals surface area contributed by atoms with Crippen LogP contribution in [0.1, 0.15) is 31.4 Å². The van der Waals surface area contributed by atoms with Gasteiger partial charge in [0.15, 0.2) is 0 Å². The topological polar surface area (TPSA) is 41.5 Å². The number of methoxy groups -OCH3 is 1. The monoisotopic (exact) mass is 223 g/mol. The van der Waals surface area contributed by atoms with Gasteiger partial charge >= 0.3 is 0 Å². The Hall–Kier alpha value is -1.06. The van der Waals surface area contributed by atoms with Gasteiger partial charge in [-0.2, -0.15) is 0 Å². The van der Waals surface area contributed by atoms with Crippen LogP contribution < -0.4 is 5.32 Å². The molecule has 1 rings (SSSR count). The zero-order valence-electron chi connectivity index (χ0n) is 10.1. The van der Waals surface area contributed by atoms with Crippen molar-refractivity contribution in [3.63, 3.8) is 0 Å². The van der Waals surface area contributed by atoms with E-state index >= 15 is 0 Å². The smallest absolute Gasteiger partial charge is 0.120 e. The number of phenols is 1. The predicted molar refractivity (Wildman–Crippen MR) is 65.6 cm³/mol. The molecule has 16 heavy (non-hydrogen) atoms. The second-order valence-electron chi connectivity index (χ2n) is 3.93. The van der Waals surface area contributed by atoms with E-state index in [-0.39, 0.29) is 6.04 Å². The summed E-state index contributed by atoms with van der Waals surface area (Å²) in [6.07, 6.45) is 2.16. The zero-order chi connectivity index (χ0) is 11.8. The molecule has 1 aromatic carbocycles. The highest BCUT2D eigenvalue weighted by Crippen LogP contribution is 2.22. The van der Waals surface area contributed by atoms with Gasteiger partial charge in [0.25, 0.3) is 0 Å². The highest BCUT2D eigenvalue weighted by atomic mass is 16.5. The molecule has 0 amide bonds. The molecule has 0 aliphatic heterocycles. The Morgan fingerprint density at radius 2 is 2.06 bits per heavy atom. The number of rotatable bonds is 7. The van der Waals surface area contributed by atoms with Crippen molar-refractivity contribution in [2.75, 3.05) is 20.3 Å². The molecule has 3 heteroatoms. The minimum atomic E-state index is 0.184. The summed E-state index contributed by atoms with van der Waals surface area (Å²) in [5, 5.41) is 13.0. The normalized spacial score (nSPS) is 12.6. The number of phenolic OH excluding ortho intramolecular Hbond substituents is 1. The predicted octanol–water partition coefficient (Wildman–Crippen LogP) is 2.47. The molecule has 3 nitrogen and oxygen atoms in total. The van der Waals surface area contributed by atoms with Gasteiger partial charge in [-0.25, -0.2) is 0 Å². The molecule has 0 aromatic heterocycles. The summed E-state index contributed by atoms with van der Waals surface area (Å²) >= 11 is 0. The maximum Gasteiger partial charge on any atom is 0.120 e. The van der Waals surface area contributed by atoms with E-state index in [4.69, 9.17) is 4.74 Å². The summed E-state index contributed by atoms with van der Waals surface area (Å²) in [4.78, 5) is 0. The molecule has 0 saturated heterocycles. The van der Waals surface area contributed by atoms with Gasteiger partial charge in [-0.1, -0.05) is 18.2 Å². The third-order valence-corrected chi connectivity index (χ3v) is 2.63. The SMILES string of the molecule is COCCCCNC(C)c1ccccc1O. The van der Waals surface area contributed by atoms with Gasteiger partial charge in [0.2, 0.25) is 0 Å². The number of para-hydroxylation sites is 1. The Kier molecular flexibility index (Phi) is 5.90. The molecule has 1 aromatic rings. The molecule has 0 spiro atoms. The van der Waals surface area contributed by atoms with Crippen molar-refractivity contribution in [2.45, 2.75) is 25.8 Å². The Bertz CT molecular complexity index is 302. The lowest BCUT2D eigenvalue weighted by molar-refractivity contribution is 0.192. The molecule has 2 N–H and O–H groups in total. The lowest BCUT2D eigenvalue weighted by Crippen LogP contribution is -2.20. The molecule has 0 bridgehead atoms. The molecule has 1 unspecified atom stereocenters. The number of hydrogen-bond acceptors (Lipinski definition) is 3. The second kappa shape index (κ2) is 7.25. The molecular weight excluding hydrogens is 202 g/mol. The van der Waals surface area contributed by atoms with Crippen molar-refractivity contribution in [2.24, 2.45) is 0 Å². The van der Waals surface area contributed by atoms with E-state index in [1.54, 1.807) is 13.2 Å². The van der Waals surface area contributed by atoms with Crippen molar-refractivity contribution in [3.05, 3.63) is 29.8 Å². The summed E-state index contributed by atoms with van der Waals surface area (Å²) in [5.74, 6) is 0.361. The summed E-state index contributed by atoms with van der Waals surface area (Å²) < 4.78 is 4.98. The first-order valence-electron chi connectivity index (χ1n) is 5.76. The Morgan fingerprint density at radius 1 is 1.31 bits per heavy atom. The van der Waals surface area contributed by atoms with Gasteiger partial charge in [0.1, 0.15) is 5.75 Å². The van der Waals surface area contributed by atoms with Crippen molar-refractivity contribution in [3.8, 4) is 5.75 Å². The molecule has 0 radical (unpaired) electrons. The summed E-state index contributed by atoms with van der Waals surface area (Å²) in [7, 11) is 1.72. The maximum atomic E-state index is 9.66. The van der Waals surface area contributed by atoms with Crippen LogP contribution in [0.2, 0.25) is 0 Å². The van der Waals surface area contributed by atoms with Gasteiger partial charge in [-0.05, 0) is 32.4 Å². The number of aromatic hydroxyl groups is 1. The van der Waals surface area contributed by atoms with E-state index in [0.717, 1.165) is 31.6 Å². The fraction of sp³-hybridized carbons (Fsp3) is 0.538. The fourth-order valence-corrected chi connectivity index (χ4v) is 1.65. The minimum absolute atomic E-state index is 0.184. The quantitative estimate of drug-likeness (QED) is 0.698. The van der Waals surface area contributed by atoms with Gasteiger partial charge in [0.05, 0.1) is 0 Å². The molecule has 1 atom stereocenters. The van der Waals surface area contributed by atoms with Crippen LogP contribution in [0.4, 0.5) is 0 Å². The van der Waals surface area contributed by atoms with E-state index < -0.39 is 0 Å². The first-order chi connectivity index (χ1) is 7.75. The molecule has 0 aliphatic carbocycles. The average Bonchev–Trinajstić information content (AvgIpc) is 2.29. The number of hydrogen-bond donors (Lipinski definition) is 2. The van der Waals surface area contributed by atoms with Crippen molar-refractivity contribution >= 4 is 0 Å². The van der Waals surface area contributed by atoms with Crippen LogP contribution >= 0.6 is 0 Å². The van der Waals surface area contributed by atoms with Crippen molar-refractivity contribution < 1.29 is 9.84 Å². The van der Waals surface area contributed by atoms with Crippen LogP contribution in [0.25, 0.3) is 0 Å². The first kappa shape index (κ1) is 13.0. The molecule has 0 aliphatic rings. The number of unbranched alkanes of at least 4 members (excludes halogenated alkanes) is 1. The number of ether oxygens (including phenoxy) is 1. The molecule has 0 saturated carbocycles. The largest absolute Gasteiger partial charge is 0.508 e. The highest BCUT2D eigenvalue weighted by molar-refractivity contribution is 5.33. The summed E-state index contributed by atoms with van der Waals surface area (Å²) in [6.45, 7) is 3.82. The van der Waals surface area contributed by atoms with Crippen LogP contribution in [-0.4, -0.2) is 25.4 Å². The third kappa shape index (κ3) is 4.21. The van der Waals surface area contributed by atoms with E-state index in [1.165, 1.54) is 0 Å². The van der Waals surface area contributed by atoms with Crippen LogP contribution in [0.3, 0.4) is 0 Å². The van der Waals surface area contributed by atoms with Crippen LogP contribution in [0, 0.1) is 0 Å². The van der Waals surface area contributed by atoms with Crippen molar-refractivity contribution in [1.82, 2.24) is 5.32 Å². The van der Waals surface area contributed by atoms with E-state index in [9.17, 15) is 5.11 Å². The van der Waals surface area contributed by atoms with E-state index in [2.05, 4.69) is 12.2 Å². The van der Waals surface area contributed by atoms with E-state index in [1.807, 2.05) is 18.2 Å². The standard InChI is InChI=1S/C13H21NO2/c1-11(14-9-5-6-10-16-2)12-7-3-4-8-13(12)15/h3-4,7-8,11,14-15H,5-6,9-10H2,1-2H3. The highest BCUT2D eigenvalue weighted by Gasteiger charge is 2.07. The zero-order valence-corrected chi connectivity index (χ0v) is 10.1. The molecule has 0 fully saturated rings. The lowest BCUT2D eigenvalue weighted by atomic mass is 10.1. The van der Waals surface area contributed by atoms with Crippen LogP contribution in [-0.2, 0) is 4.74 Å². The van der Waals surface area contributed by atoms with Crippen LogP contribution in [0.5, 0.6) is 5.75 Å². The average molecular weight is 223 g/mol. The molecule has 0 heterocycles. The Morgan fingerprint density at radius 3 is 2.75 bits per heavy atom. The summed E-state index contributed by atoms with van der Waals surface area (Å²) in [5.41, 5.74) is 0.953. The third-order valence-electron chi connectivity index (χ3n) is 2.63. The molecule has 90 valence electrons. The Labute approximate surface area is 97.4 Å². The number of nitrogens with one attached hydrogen (secondary N) is 1. The minimum Gasteiger partial charge on any atom is -0.508 e. The first-order valence-corrected chi connectivity index (χ1v) is 5.76. The lowest BCUT2D eigenvalue weighted by Gasteiger charge is -2.15. The van der Waals surface area contributed by atoms with Crippen LogP contribution in [0.15, 0.2) is 24.3 Å².